The average molecular weight is 766 g/mol. The van der Waals surface area contributed by atoms with Crippen LogP contribution < -0.4 is 11.1 Å². The number of amides is 2. The number of nitrogens with two attached hydrogens (primary N) is 1. The van der Waals surface area contributed by atoms with Crippen molar-refractivity contribution in [3.8, 4) is 0 Å². The number of anilines is 1. The summed E-state index contributed by atoms with van der Waals surface area (Å²) in [5.41, 5.74) is 5.85. The molecule has 17 nitrogen and oxygen atoms in total. The van der Waals surface area contributed by atoms with Gasteiger partial charge >= 0.3 is 12.1 Å². The molecule has 4 heterocycles. The Bertz CT molecular complexity index is 2000. The lowest BCUT2D eigenvalue weighted by Gasteiger charge is -2.49. The Morgan fingerprint density at radius 2 is 1.81 bits per heavy atom. The molecule has 0 saturated carbocycles. The minimum absolute atomic E-state index is 0.0444. The summed E-state index contributed by atoms with van der Waals surface area (Å²) in [7, 11) is 1.66. The van der Waals surface area contributed by atoms with Gasteiger partial charge in [0.15, 0.2) is 16.9 Å². The van der Waals surface area contributed by atoms with Crippen LogP contribution in [0.5, 0.6) is 0 Å². The highest BCUT2D eigenvalue weighted by Gasteiger charge is 2.54. The van der Waals surface area contributed by atoms with Gasteiger partial charge in [-0.3, -0.25) is 14.5 Å². The van der Waals surface area contributed by atoms with Gasteiger partial charge in [-0.2, -0.15) is 0 Å². The molecule has 20 heteroatoms. The molecule has 2 aromatic carbocycles. The van der Waals surface area contributed by atoms with Gasteiger partial charge in [0.25, 0.3) is 11.8 Å². The number of nitrogens with zero attached hydrogens (tertiary/aromatic N) is 7. The number of β-lactam (4-membered cyclic amide) rings is 1. The van der Waals surface area contributed by atoms with Crippen LogP contribution in [0.3, 0.4) is 0 Å². The molecule has 2 amide bonds. The van der Waals surface area contributed by atoms with Crippen LogP contribution in [-0.4, -0.2) is 93.4 Å². The average Bonchev–Trinajstić information content (AvgIpc) is 3.75. The van der Waals surface area contributed by atoms with E-state index in [-0.39, 0.29) is 33.9 Å². The quantitative estimate of drug-likeness (QED) is 0.0584. The molecule has 4 aromatic rings. The fraction of sp³-hybridized carbons (Fsp3) is 0.281. The number of aryl methyl sites for hydroxylation is 1. The van der Waals surface area contributed by atoms with E-state index < -0.39 is 47.1 Å². The summed E-state index contributed by atoms with van der Waals surface area (Å²) in [6.45, 7) is 2.88. The molecule has 2 atom stereocenters. The van der Waals surface area contributed by atoms with Crippen LogP contribution in [-0.2, 0) is 35.7 Å². The highest BCUT2D eigenvalue weighted by molar-refractivity contribution is 8.01. The van der Waals surface area contributed by atoms with E-state index in [0.717, 1.165) is 22.5 Å². The Labute approximate surface area is 308 Å². The molecule has 270 valence electrons. The SMILES string of the molecule is Cn1nnnc1SCC1=C(OC(=O)O)N2C(=O)[C@@H](NC(=O)/C(=N\OC(C)(C)C(=O)OC(c3ccccc3)c3ccccc3)c3csc(N)n3)[C@H]2SC1. The number of carbonyl (C=O) groups is 4. The number of fused-ring (bicyclic) bond motifs is 1. The van der Waals surface area contributed by atoms with Gasteiger partial charge in [-0.05, 0) is 35.4 Å². The van der Waals surface area contributed by atoms with Crippen LogP contribution in [0.1, 0.15) is 36.8 Å². The van der Waals surface area contributed by atoms with Crippen molar-refractivity contribution in [3.05, 3.63) is 94.3 Å². The van der Waals surface area contributed by atoms with Gasteiger partial charge in [-0.25, -0.2) is 19.3 Å². The lowest BCUT2D eigenvalue weighted by molar-refractivity contribution is -0.172. The van der Waals surface area contributed by atoms with Crippen molar-refractivity contribution in [2.24, 2.45) is 12.2 Å². The van der Waals surface area contributed by atoms with Crippen LogP contribution in [0, 0.1) is 0 Å². The zero-order valence-electron chi connectivity index (χ0n) is 27.7. The largest absolute Gasteiger partial charge is 0.512 e. The van der Waals surface area contributed by atoms with Crippen molar-refractivity contribution in [2.75, 3.05) is 17.2 Å². The van der Waals surface area contributed by atoms with Gasteiger partial charge in [0.05, 0.1) is 0 Å². The number of esters is 1. The maximum absolute atomic E-state index is 13.7. The summed E-state index contributed by atoms with van der Waals surface area (Å²) >= 11 is 3.59. The van der Waals surface area contributed by atoms with Crippen LogP contribution in [0.15, 0.2) is 87.8 Å². The Morgan fingerprint density at radius 1 is 1.13 bits per heavy atom. The highest BCUT2D eigenvalue weighted by atomic mass is 32.2. The topological polar surface area (TPSA) is 226 Å². The first-order chi connectivity index (χ1) is 24.9. The van der Waals surface area contributed by atoms with Crippen LogP contribution >= 0.6 is 34.9 Å². The predicted molar refractivity (Wildman–Crippen MR) is 190 cm³/mol. The molecule has 4 N–H and O–H groups in total. The lowest BCUT2D eigenvalue weighted by atomic mass is 10.0. The number of aromatic nitrogens is 5. The fourth-order valence-corrected chi connectivity index (χ4v) is 7.89. The number of hydrogen-bond acceptors (Lipinski definition) is 16. The molecule has 2 aliphatic rings. The zero-order chi connectivity index (χ0) is 37.0. The molecule has 6 rings (SSSR count). The number of tetrazole rings is 1. The summed E-state index contributed by atoms with van der Waals surface area (Å²) < 4.78 is 12.5. The summed E-state index contributed by atoms with van der Waals surface area (Å²) in [4.78, 5) is 63.4. The van der Waals surface area contributed by atoms with E-state index in [1.54, 1.807) is 7.05 Å². The van der Waals surface area contributed by atoms with Crippen molar-refractivity contribution < 1.29 is 38.6 Å². The number of nitrogen functional groups attached to an aromatic ring is 1. The van der Waals surface area contributed by atoms with E-state index in [1.807, 2.05) is 60.7 Å². The van der Waals surface area contributed by atoms with Gasteiger partial charge in [0.2, 0.25) is 16.6 Å². The van der Waals surface area contributed by atoms with Crippen molar-refractivity contribution in [3.63, 3.8) is 0 Å². The Kier molecular flexibility index (Phi) is 10.8. The number of hydrogen-bond donors (Lipinski definition) is 3. The zero-order valence-corrected chi connectivity index (χ0v) is 30.2. The van der Waals surface area contributed by atoms with Gasteiger partial charge in [-0.15, -0.1) is 28.2 Å². The number of thioether (sulfide) groups is 2. The standard InChI is InChI=1S/C32H31N9O8S3/c1-32(2,28(44)47-23(17-10-6-4-7-11-17)18-12-8-5-9-13-18)49-37-21(20-16-51-29(33)34-20)24(42)35-22-25(43)41-26(48-31(45)46)19(14-50-27(22)41)15-52-30-36-38-39-40(30)3/h4-13,16,22-23,27H,14-15H2,1-3H3,(H2,33,34)(H,35,42)(H,45,46)/b37-21-/t22-,27-/m1/s1. The number of rotatable bonds is 13. The summed E-state index contributed by atoms with van der Waals surface area (Å²) in [6.07, 6.45) is -2.35. The van der Waals surface area contributed by atoms with E-state index in [9.17, 15) is 24.3 Å². The number of carbonyl (C=O) groups excluding carboxylic acids is 3. The van der Waals surface area contributed by atoms with E-state index in [0.29, 0.717) is 10.7 Å². The maximum Gasteiger partial charge on any atom is 0.512 e. The number of carboxylic acid groups (broad SMARTS) is 1. The number of benzene rings is 2. The molecule has 52 heavy (non-hydrogen) atoms. The number of thiazole rings is 1. The Morgan fingerprint density at radius 3 is 2.38 bits per heavy atom. The first kappa shape index (κ1) is 36.3. The van der Waals surface area contributed by atoms with E-state index in [2.05, 4.69) is 31.0 Å². The molecular formula is C32H31N9O8S3. The second-order valence-corrected chi connectivity index (χ2v) is 14.7. The third-order valence-corrected chi connectivity index (χ3v) is 10.8. The predicted octanol–water partition coefficient (Wildman–Crippen LogP) is 3.18. The minimum Gasteiger partial charge on any atom is -0.450 e. The third kappa shape index (κ3) is 7.87. The van der Waals surface area contributed by atoms with E-state index in [4.69, 9.17) is 20.0 Å². The van der Waals surface area contributed by atoms with Crippen LogP contribution in [0.25, 0.3) is 0 Å². The molecule has 0 aliphatic carbocycles. The fourth-order valence-electron chi connectivity index (χ4n) is 5.04. The van der Waals surface area contributed by atoms with E-state index in [1.165, 1.54) is 52.3 Å². The maximum atomic E-state index is 13.7. The van der Waals surface area contributed by atoms with Crippen LogP contribution in [0.2, 0.25) is 0 Å². The molecule has 0 bridgehead atoms. The molecule has 1 fully saturated rings. The van der Waals surface area contributed by atoms with Crippen molar-refractivity contribution in [1.82, 2.24) is 35.4 Å². The Hall–Kier alpha value is -5.47. The lowest BCUT2D eigenvalue weighted by Crippen LogP contribution is -2.70. The smallest absolute Gasteiger partial charge is 0.450 e. The molecule has 2 aromatic heterocycles. The van der Waals surface area contributed by atoms with Crippen molar-refractivity contribution in [1.29, 1.82) is 0 Å². The second kappa shape index (κ2) is 15.4. The monoisotopic (exact) mass is 765 g/mol. The van der Waals surface area contributed by atoms with E-state index >= 15 is 0 Å². The molecule has 0 unspecified atom stereocenters. The summed E-state index contributed by atoms with van der Waals surface area (Å²) in [5, 5.41) is 28.8. The van der Waals surface area contributed by atoms with Crippen molar-refractivity contribution in [2.45, 2.75) is 42.1 Å². The highest BCUT2D eigenvalue weighted by Crippen LogP contribution is 2.42. The van der Waals surface area contributed by atoms with Crippen LogP contribution in [0.4, 0.5) is 9.93 Å². The molecule has 1 saturated heterocycles. The third-order valence-electron chi connectivity index (χ3n) is 7.69. The number of nitrogens with one attached hydrogen (secondary N) is 1. The first-order valence-corrected chi connectivity index (χ1v) is 18.4. The number of oxime groups is 1. The Balaban J connectivity index is 1.18. The summed E-state index contributed by atoms with van der Waals surface area (Å²) in [6, 6.07) is 17.3. The second-order valence-electron chi connectivity index (χ2n) is 11.7. The van der Waals surface area contributed by atoms with Gasteiger partial charge < -0.3 is 30.5 Å². The van der Waals surface area contributed by atoms with Gasteiger partial charge in [-0.1, -0.05) is 77.6 Å². The summed E-state index contributed by atoms with van der Waals surface area (Å²) in [5.74, 6) is -1.83. The minimum atomic E-state index is -1.69. The molecule has 0 radical (unpaired) electrons. The molecule has 2 aliphatic heterocycles. The molecule has 0 spiro atoms. The molecular weight excluding hydrogens is 735 g/mol. The van der Waals surface area contributed by atoms with Crippen molar-refractivity contribution >= 4 is 69.6 Å². The van der Waals surface area contributed by atoms with Gasteiger partial charge in [0.1, 0.15) is 17.1 Å². The number of ether oxygens (including phenoxy) is 2. The van der Waals surface area contributed by atoms with Gasteiger partial charge in [0, 0.05) is 29.5 Å². The normalized spacial score (nSPS) is 17.3. The first-order valence-electron chi connectivity index (χ1n) is 15.4.